The molecule has 0 spiro atoms. The van der Waals surface area contributed by atoms with Gasteiger partial charge in [0.05, 0.1) is 17.4 Å². The molecule has 0 radical (unpaired) electrons. The van der Waals surface area contributed by atoms with Crippen molar-refractivity contribution in [2.75, 3.05) is 6.54 Å². The zero-order valence-corrected chi connectivity index (χ0v) is 17.8. The van der Waals surface area contributed by atoms with Crippen LogP contribution in [0.2, 0.25) is 0 Å². The van der Waals surface area contributed by atoms with Gasteiger partial charge in [-0.2, -0.15) is 0 Å². The van der Waals surface area contributed by atoms with Gasteiger partial charge in [-0.15, -0.1) is 10.2 Å². The zero-order chi connectivity index (χ0) is 21.3. The molecule has 0 unspecified atom stereocenters. The molecule has 2 amide bonds. The Bertz CT molecular complexity index is 904. The molecule has 10 nitrogen and oxygen atoms in total. The summed E-state index contributed by atoms with van der Waals surface area (Å²) in [5.74, 6) is 0.704. The number of hydrogen-bond acceptors (Lipinski definition) is 6. The minimum Gasteiger partial charge on any atom is -0.352 e. The molecule has 0 bridgehead atoms. The molecule has 2 aromatic rings. The van der Waals surface area contributed by atoms with Crippen LogP contribution in [0.1, 0.15) is 69.7 Å². The van der Waals surface area contributed by atoms with E-state index in [1.807, 2.05) is 33.2 Å². The number of carbonyl (C=O) groups excluding carboxylic acids is 2. The van der Waals surface area contributed by atoms with E-state index in [4.69, 9.17) is 0 Å². The fourth-order valence-electron chi connectivity index (χ4n) is 3.29. The quantitative estimate of drug-likeness (QED) is 0.631. The normalized spacial score (nSPS) is 17.6. The van der Waals surface area contributed by atoms with Gasteiger partial charge in [0.25, 0.3) is 0 Å². The number of rotatable bonds is 9. The molecule has 30 heavy (non-hydrogen) atoms. The van der Waals surface area contributed by atoms with Crippen molar-refractivity contribution in [1.29, 1.82) is 0 Å². The Morgan fingerprint density at radius 2 is 1.47 bits per heavy atom. The van der Waals surface area contributed by atoms with Crippen molar-refractivity contribution in [2.45, 2.75) is 77.4 Å². The number of nitrogens with one attached hydrogen (secondary N) is 2. The van der Waals surface area contributed by atoms with Crippen molar-refractivity contribution in [1.82, 2.24) is 40.6 Å². The molecule has 2 saturated carbocycles. The van der Waals surface area contributed by atoms with Gasteiger partial charge in [0.1, 0.15) is 13.1 Å². The summed E-state index contributed by atoms with van der Waals surface area (Å²) in [5, 5.41) is 22.3. The third-order valence-corrected chi connectivity index (χ3v) is 5.60. The fourth-order valence-corrected chi connectivity index (χ4v) is 3.29. The summed E-state index contributed by atoms with van der Waals surface area (Å²) in [6.07, 6.45) is 8.27. The minimum absolute atomic E-state index is 0.114. The molecule has 0 saturated heterocycles. The van der Waals surface area contributed by atoms with Gasteiger partial charge in [-0.05, 0) is 31.1 Å². The molecule has 2 fully saturated rings. The second-order valence-electron chi connectivity index (χ2n) is 9.52. The molecule has 2 heterocycles. The van der Waals surface area contributed by atoms with Crippen LogP contribution in [0.25, 0.3) is 0 Å². The monoisotopic (exact) mass is 414 g/mol. The van der Waals surface area contributed by atoms with Gasteiger partial charge in [0.2, 0.25) is 11.8 Å². The highest BCUT2D eigenvalue weighted by Gasteiger charge is 2.29. The summed E-state index contributed by atoms with van der Waals surface area (Å²) in [6, 6.07) is -0.224. The SMILES string of the molecule is CC(C)(C)[C@@H](CNC(=O)Cn1cc(C2CC2)nn1)NC(=O)Cn1cc(C2CC2)nn1. The molecule has 2 N–H and O–H groups in total. The Morgan fingerprint density at radius 1 is 0.967 bits per heavy atom. The lowest BCUT2D eigenvalue weighted by Gasteiger charge is -2.31. The predicted octanol–water partition coefficient (Wildman–Crippen LogP) is 0.972. The number of carbonyl (C=O) groups is 2. The molecule has 0 aromatic carbocycles. The van der Waals surface area contributed by atoms with Crippen molar-refractivity contribution < 1.29 is 9.59 Å². The summed E-state index contributed by atoms with van der Waals surface area (Å²) < 4.78 is 3.14. The van der Waals surface area contributed by atoms with Crippen LogP contribution in [0.3, 0.4) is 0 Å². The van der Waals surface area contributed by atoms with Crippen LogP contribution < -0.4 is 10.6 Å². The molecule has 2 aromatic heterocycles. The number of amides is 2. The maximum absolute atomic E-state index is 12.5. The maximum Gasteiger partial charge on any atom is 0.242 e. The van der Waals surface area contributed by atoms with E-state index in [0.717, 1.165) is 37.1 Å². The Kier molecular flexibility index (Phi) is 5.57. The van der Waals surface area contributed by atoms with E-state index < -0.39 is 0 Å². The highest BCUT2D eigenvalue weighted by Crippen LogP contribution is 2.39. The predicted molar refractivity (Wildman–Crippen MR) is 108 cm³/mol. The van der Waals surface area contributed by atoms with Crippen molar-refractivity contribution in [3.05, 3.63) is 23.8 Å². The van der Waals surface area contributed by atoms with Gasteiger partial charge >= 0.3 is 0 Å². The first-order valence-corrected chi connectivity index (χ1v) is 10.6. The van der Waals surface area contributed by atoms with Crippen LogP contribution in [0.15, 0.2) is 12.4 Å². The topological polar surface area (TPSA) is 120 Å². The Labute approximate surface area is 175 Å². The van der Waals surface area contributed by atoms with Gasteiger partial charge in [-0.1, -0.05) is 31.2 Å². The lowest BCUT2D eigenvalue weighted by molar-refractivity contribution is -0.125. The van der Waals surface area contributed by atoms with Crippen LogP contribution in [-0.2, 0) is 22.7 Å². The first-order chi connectivity index (χ1) is 14.3. The molecule has 1 atom stereocenters. The van der Waals surface area contributed by atoms with Crippen LogP contribution in [0, 0.1) is 5.41 Å². The van der Waals surface area contributed by atoms with Gasteiger partial charge < -0.3 is 10.6 Å². The molecule has 2 aliphatic carbocycles. The lowest BCUT2D eigenvalue weighted by atomic mass is 9.86. The highest BCUT2D eigenvalue weighted by atomic mass is 16.2. The summed E-state index contributed by atoms with van der Waals surface area (Å²) in [7, 11) is 0. The minimum atomic E-state index is -0.225. The number of nitrogens with zero attached hydrogens (tertiary/aromatic N) is 6. The van der Waals surface area contributed by atoms with E-state index in [1.54, 1.807) is 9.36 Å². The van der Waals surface area contributed by atoms with E-state index in [2.05, 4.69) is 31.3 Å². The third-order valence-electron chi connectivity index (χ3n) is 5.60. The largest absolute Gasteiger partial charge is 0.352 e. The van der Waals surface area contributed by atoms with Crippen LogP contribution in [0.5, 0.6) is 0 Å². The first kappa shape index (κ1) is 20.5. The maximum atomic E-state index is 12.5. The third kappa shape index (κ3) is 5.43. The van der Waals surface area contributed by atoms with Crippen LogP contribution in [0.4, 0.5) is 0 Å². The van der Waals surface area contributed by atoms with Crippen LogP contribution in [-0.4, -0.2) is 54.4 Å². The second-order valence-corrected chi connectivity index (χ2v) is 9.52. The zero-order valence-electron chi connectivity index (χ0n) is 17.8. The van der Waals surface area contributed by atoms with Crippen molar-refractivity contribution in [3.8, 4) is 0 Å². The molecule has 4 rings (SSSR count). The molecule has 0 aliphatic heterocycles. The van der Waals surface area contributed by atoms with Crippen molar-refractivity contribution in [2.24, 2.45) is 5.41 Å². The molecular weight excluding hydrogens is 384 g/mol. The molecule has 162 valence electrons. The number of aromatic nitrogens is 6. The summed E-state index contributed by atoms with van der Waals surface area (Å²) in [6.45, 7) is 6.66. The lowest BCUT2D eigenvalue weighted by Crippen LogP contribution is -2.51. The van der Waals surface area contributed by atoms with E-state index in [0.29, 0.717) is 18.4 Å². The molecular formula is C20H30N8O2. The van der Waals surface area contributed by atoms with E-state index >= 15 is 0 Å². The summed E-state index contributed by atoms with van der Waals surface area (Å²) in [4.78, 5) is 24.9. The Hall–Kier alpha value is -2.78. The Balaban J connectivity index is 1.26. The van der Waals surface area contributed by atoms with Gasteiger partial charge in [-0.25, -0.2) is 9.36 Å². The van der Waals surface area contributed by atoms with Gasteiger partial charge in [0, 0.05) is 30.8 Å². The van der Waals surface area contributed by atoms with Crippen molar-refractivity contribution >= 4 is 11.8 Å². The number of hydrogen-bond donors (Lipinski definition) is 2. The molecule has 10 heteroatoms. The first-order valence-electron chi connectivity index (χ1n) is 10.6. The average molecular weight is 415 g/mol. The van der Waals surface area contributed by atoms with Crippen LogP contribution >= 0.6 is 0 Å². The Morgan fingerprint density at radius 3 is 1.93 bits per heavy atom. The standard InChI is InChI=1S/C20H30N8O2/c1-20(2,3)17(22-19(30)12-28-10-16(24-26-28)14-6-7-14)8-21-18(29)11-27-9-15(23-25-27)13-4-5-13/h9-10,13-14,17H,4-8,11-12H2,1-3H3,(H,21,29)(H,22,30)/t17-/m1/s1. The highest BCUT2D eigenvalue weighted by molar-refractivity contribution is 5.77. The average Bonchev–Trinajstić information content (AvgIpc) is 3.60. The molecule has 2 aliphatic rings. The summed E-state index contributed by atoms with van der Waals surface area (Å²) in [5.41, 5.74) is 1.69. The van der Waals surface area contributed by atoms with Gasteiger partial charge in [-0.3, -0.25) is 9.59 Å². The van der Waals surface area contributed by atoms with Crippen molar-refractivity contribution in [3.63, 3.8) is 0 Å². The summed E-state index contributed by atoms with van der Waals surface area (Å²) >= 11 is 0. The van der Waals surface area contributed by atoms with E-state index in [-0.39, 0.29) is 36.4 Å². The smallest absolute Gasteiger partial charge is 0.242 e. The van der Waals surface area contributed by atoms with Gasteiger partial charge in [0.15, 0.2) is 0 Å². The second kappa shape index (κ2) is 8.16. The van der Waals surface area contributed by atoms with E-state index in [1.165, 1.54) is 0 Å². The fraction of sp³-hybridized carbons (Fsp3) is 0.700. The van der Waals surface area contributed by atoms with E-state index in [9.17, 15) is 9.59 Å².